The number of nitrogens with one attached hydrogen (secondary N) is 1. The lowest BCUT2D eigenvalue weighted by atomic mass is 10.1. The van der Waals surface area contributed by atoms with Gasteiger partial charge >= 0.3 is 0 Å². The van der Waals surface area contributed by atoms with Crippen molar-refractivity contribution >= 4 is 28.5 Å². The van der Waals surface area contributed by atoms with Crippen LogP contribution in [0.3, 0.4) is 0 Å². The molecule has 1 amide bonds. The molecule has 0 radical (unpaired) electrons. The van der Waals surface area contributed by atoms with Crippen molar-refractivity contribution in [3.05, 3.63) is 51.0 Å². The number of halogens is 1. The lowest BCUT2D eigenvalue weighted by Gasteiger charge is -2.16. The highest BCUT2D eigenvalue weighted by Crippen LogP contribution is 2.33. The quantitative estimate of drug-likeness (QED) is 0.647. The molecule has 5 nitrogen and oxygen atoms in total. The molecule has 6 heteroatoms. The van der Waals surface area contributed by atoms with Crippen molar-refractivity contribution in [2.75, 3.05) is 7.05 Å². The molecule has 1 aliphatic carbocycles. The van der Waals surface area contributed by atoms with Gasteiger partial charge in [-0.05, 0) is 62.8 Å². The van der Waals surface area contributed by atoms with Gasteiger partial charge in [0.15, 0.2) is 11.3 Å². The van der Waals surface area contributed by atoms with Crippen molar-refractivity contribution in [3.63, 3.8) is 0 Å². The van der Waals surface area contributed by atoms with Crippen LogP contribution in [0.4, 0.5) is 0 Å². The first-order valence-electron chi connectivity index (χ1n) is 9.45. The summed E-state index contributed by atoms with van der Waals surface area (Å²) in [5.74, 6) is 0.199. The van der Waals surface area contributed by atoms with E-state index in [4.69, 9.17) is 16.0 Å². The number of aryl methyl sites for hydroxylation is 3. The minimum atomic E-state index is -0.150. The van der Waals surface area contributed by atoms with Crippen LogP contribution in [0.1, 0.15) is 57.9 Å². The predicted molar refractivity (Wildman–Crippen MR) is 106 cm³/mol. The fourth-order valence-corrected chi connectivity index (χ4v) is 4.26. The summed E-state index contributed by atoms with van der Waals surface area (Å²) < 4.78 is 5.87. The van der Waals surface area contributed by atoms with E-state index in [2.05, 4.69) is 10.2 Å². The lowest BCUT2D eigenvalue weighted by molar-refractivity contribution is 0.0753. The molecule has 0 bridgehead atoms. The maximum atomic E-state index is 13.0. The van der Waals surface area contributed by atoms with Gasteiger partial charge in [-0.1, -0.05) is 18.0 Å². The Bertz CT molecular complexity index is 1020. The largest absolute Gasteiger partial charge is 0.449 e. The highest BCUT2D eigenvalue weighted by Gasteiger charge is 2.24. The van der Waals surface area contributed by atoms with E-state index in [9.17, 15) is 4.79 Å². The molecule has 0 fully saturated rings. The zero-order valence-electron chi connectivity index (χ0n) is 16.0. The molecular formula is C21H24ClN3O2. The highest BCUT2D eigenvalue weighted by molar-refractivity contribution is 6.35. The number of nitrogens with zero attached hydrogens (tertiary/aromatic N) is 2. The summed E-state index contributed by atoms with van der Waals surface area (Å²) in [7, 11) is 1.79. The highest BCUT2D eigenvalue weighted by atomic mass is 35.5. The van der Waals surface area contributed by atoms with Crippen LogP contribution in [0.15, 0.2) is 16.5 Å². The van der Waals surface area contributed by atoms with Gasteiger partial charge in [0.2, 0.25) is 0 Å². The molecule has 0 aliphatic heterocycles. The first-order valence-corrected chi connectivity index (χ1v) is 9.83. The molecule has 0 saturated carbocycles. The molecule has 0 unspecified atom stereocenters. The number of carbonyl (C=O) groups excluding carboxylic acids is 1. The second-order valence-corrected chi connectivity index (χ2v) is 7.94. The molecule has 0 atom stereocenters. The molecular weight excluding hydrogens is 362 g/mol. The molecule has 27 heavy (non-hydrogen) atoms. The van der Waals surface area contributed by atoms with Gasteiger partial charge < -0.3 is 9.32 Å². The molecule has 3 aromatic rings. The number of amides is 1. The minimum absolute atomic E-state index is 0.150. The van der Waals surface area contributed by atoms with E-state index in [-0.39, 0.29) is 5.91 Å². The summed E-state index contributed by atoms with van der Waals surface area (Å²) in [6.07, 6.45) is 5.69. The Morgan fingerprint density at radius 2 is 2.04 bits per heavy atom. The zero-order chi connectivity index (χ0) is 19.1. The summed E-state index contributed by atoms with van der Waals surface area (Å²) in [6, 6.07) is 3.86. The third kappa shape index (κ3) is 3.25. The number of furan rings is 1. The number of fused-ring (bicyclic) bond motifs is 2. The van der Waals surface area contributed by atoms with Gasteiger partial charge in [0, 0.05) is 23.7 Å². The number of hydrogen-bond acceptors (Lipinski definition) is 3. The van der Waals surface area contributed by atoms with Crippen molar-refractivity contribution in [2.45, 2.75) is 52.5 Å². The van der Waals surface area contributed by atoms with E-state index in [1.165, 1.54) is 30.5 Å². The molecule has 0 spiro atoms. The van der Waals surface area contributed by atoms with Crippen molar-refractivity contribution in [1.82, 2.24) is 15.1 Å². The maximum Gasteiger partial charge on any atom is 0.289 e. The monoisotopic (exact) mass is 385 g/mol. The first kappa shape index (κ1) is 18.1. The fourth-order valence-electron chi connectivity index (χ4n) is 3.94. The van der Waals surface area contributed by atoms with Crippen LogP contribution in [0, 0.1) is 13.8 Å². The molecule has 0 saturated heterocycles. The van der Waals surface area contributed by atoms with Crippen LogP contribution in [0.5, 0.6) is 0 Å². The summed E-state index contributed by atoms with van der Waals surface area (Å²) in [6.45, 7) is 4.35. The Balaban J connectivity index is 1.62. The molecule has 1 aromatic carbocycles. The van der Waals surface area contributed by atoms with Gasteiger partial charge in [-0.2, -0.15) is 5.10 Å². The van der Waals surface area contributed by atoms with E-state index in [1.807, 2.05) is 26.0 Å². The van der Waals surface area contributed by atoms with E-state index in [1.54, 1.807) is 11.9 Å². The van der Waals surface area contributed by atoms with E-state index in [0.717, 1.165) is 35.0 Å². The fraction of sp³-hybridized carbons (Fsp3) is 0.429. The Morgan fingerprint density at radius 1 is 1.26 bits per heavy atom. The summed E-state index contributed by atoms with van der Waals surface area (Å²) >= 11 is 6.31. The predicted octanol–water partition coefficient (Wildman–Crippen LogP) is 4.97. The average Bonchev–Trinajstić information content (AvgIpc) is 3.06. The molecule has 1 aliphatic rings. The lowest BCUT2D eigenvalue weighted by Crippen LogP contribution is -2.27. The Labute approximate surface area is 163 Å². The smallest absolute Gasteiger partial charge is 0.289 e. The third-order valence-electron chi connectivity index (χ3n) is 5.46. The van der Waals surface area contributed by atoms with Crippen molar-refractivity contribution < 1.29 is 9.21 Å². The van der Waals surface area contributed by atoms with Gasteiger partial charge in [0.25, 0.3) is 5.91 Å². The second kappa shape index (κ2) is 7.04. The number of benzene rings is 1. The Kier molecular flexibility index (Phi) is 4.72. The molecule has 4 rings (SSSR count). The normalized spacial score (nSPS) is 14.2. The van der Waals surface area contributed by atoms with Gasteiger partial charge in [-0.15, -0.1) is 0 Å². The maximum absolute atomic E-state index is 13.0. The SMILES string of the molecule is Cc1cc(Cl)c2oc(C(=O)N(C)Cc3n[nH]c4c3CCCCC4)c(C)c2c1. The van der Waals surface area contributed by atoms with Crippen LogP contribution in [-0.4, -0.2) is 28.1 Å². The third-order valence-corrected chi connectivity index (χ3v) is 5.74. The van der Waals surface area contributed by atoms with Gasteiger partial charge in [-0.3, -0.25) is 9.89 Å². The van der Waals surface area contributed by atoms with Crippen molar-refractivity contribution in [2.24, 2.45) is 0 Å². The van der Waals surface area contributed by atoms with Gasteiger partial charge in [-0.25, -0.2) is 0 Å². The number of aromatic amines is 1. The van der Waals surface area contributed by atoms with Crippen LogP contribution in [0.2, 0.25) is 5.02 Å². The molecule has 1 N–H and O–H groups in total. The average molecular weight is 386 g/mol. The van der Waals surface area contributed by atoms with Crippen LogP contribution in [0.25, 0.3) is 11.0 Å². The van der Waals surface area contributed by atoms with Crippen LogP contribution >= 0.6 is 11.6 Å². The number of carbonyl (C=O) groups is 1. The summed E-state index contributed by atoms with van der Waals surface area (Å²) in [5, 5.41) is 9.07. The van der Waals surface area contributed by atoms with E-state index >= 15 is 0 Å². The number of H-pyrrole nitrogens is 1. The van der Waals surface area contributed by atoms with Crippen LogP contribution in [-0.2, 0) is 19.4 Å². The van der Waals surface area contributed by atoms with E-state index < -0.39 is 0 Å². The summed E-state index contributed by atoms with van der Waals surface area (Å²) in [4.78, 5) is 14.7. The minimum Gasteiger partial charge on any atom is -0.449 e. The second-order valence-electron chi connectivity index (χ2n) is 7.53. The number of aromatic nitrogens is 2. The van der Waals surface area contributed by atoms with Crippen molar-refractivity contribution in [1.29, 1.82) is 0 Å². The van der Waals surface area contributed by atoms with Crippen molar-refractivity contribution in [3.8, 4) is 0 Å². The topological polar surface area (TPSA) is 62.1 Å². The molecule has 2 aromatic heterocycles. The van der Waals surface area contributed by atoms with Gasteiger partial charge in [0.05, 0.1) is 17.3 Å². The van der Waals surface area contributed by atoms with Crippen LogP contribution < -0.4 is 0 Å². The Hall–Kier alpha value is -2.27. The van der Waals surface area contributed by atoms with E-state index in [0.29, 0.717) is 22.9 Å². The molecule has 2 heterocycles. The summed E-state index contributed by atoms with van der Waals surface area (Å²) in [5.41, 5.74) is 5.92. The number of rotatable bonds is 3. The standard InChI is InChI=1S/C21H24ClN3O2/c1-12-9-15-13(2)19(27-20(15)16(22)10-12)21(26)25(3)11-18-14-7-5-4-6-8-17(14)23-24-18/h9-10H,4-8,11H2,1-3H3,(H,23,24). The first-order chi connectivity index (χ1) is 13.0. The molecule has 142 valence electrons. The zero-order valence-corrected chi connectivity index (χ0v) is 16.7. The van der Waals surface area contributed by atoms with Gasteiger partial charge in [0.1, 0.15) is 0 Å². The number of hydrogen-bond donors (Lipinski definition) is 1. The Morgan fingerprint density at radius 3 is 2.85 bits per heavy atom.